The average Bonchev–Trinajstić information content (AvgIpc) is 1.86. The average molecular weight is 172 g/mol. The summed E-state index contributed by atoms with van der Waals surface area (Å²) in [5, 5.41) is 0. The normalized spacial score (nSPS) is 15.0. The molecule has 11 heavy (non-hydrogen) atoms. The molecule has 0 aliphatic carbocycles. The molecule has 0 heterocycles. The first-order valence-corrected chi connectivity index (χ1v) is 8.56. The van der Waals surface area contributed by atoms with Crippen LogP contribution in [0.3, 0.4) is 0 Å². The molecule has 0 saturated heterocycles. The lowest BCUT2D eigenvalue weighted by Gasteiger charge is -2.24. The van der Waals surface area contributed by atoms with Crippen LogP contribution in [0, 0.1) is 0 Å². The van der Waals surface area contributed by atoms with Crippen LogP contribution in [0.1, 0.15) is 39.5 Å². The fourth-order valence-electron chi connectivity index (χ4n) is 1.13. The van der Waals surface area contributed by atoms with Crippen molar-refractivity contribution in [3.8, 4) is 0 Å². The van der Waals surface area contributed by atoms with Crippen LogP contribution in [-0.4, -0.2) is 8.07 Å². The van der Waals surface area contributed by atoms with Crippen LogP contribution in [0.2, 0.25) is 25.2 Å². The number of unbranched alkanes of at least 4 members (excludes halogenated alkanes) is 2. The van der Waals surface area contributed by atoms with Crippen LogP contribution >= 0.6 is 0 Å². The number of hydrogen-bond donors (Lipinski definition) is 0. The Bertz CT molecular complexity index is 91.5. The Morgan fingerprint density at radius 2 is 1.64 bits per heavy atom. The molecule has 0 radical (unpaired) electrons. The van der Waals surface area contributed by atoms with Gasteiger partial charge in [-0.3, -0.25) is 0 Å². The molecule has 0 amide bonds. The second-order valence-corrected chi connectivity index (χ2v) is 10.5. The van der Waals surface area contributed by atoms with Crippen LogP contribution in [0.25, 0.3) is 0 Å². The van der Waals surface area contributed by atoms with Crippen molar-refractivity contribution in [2.75, 3.05) is 0 Å². The summed E-state index contributed by atoms with van der Waals surface area (Å²) >= 11 is 0. The summed E-state index contributed by atoms with van der Waals surface area (Å²) in [5.74, 6) is 0. The van der Waals surface area contributed by atoms with E-state index in [4.69, 9.17) is 0 Å². The van der Waals surface area contributed by atoms with Crippen LogP contribution < -0.4 is 0 Å². The van der Waals surface area contributed by atoms with Gasteiger partial charge in [0.2, 0.25) is 0 Å². The topological polar surface area (TPSA) is 0 Å². The molecule has 0 nitrogen and oxygen atoms in total. The predicted molar refractivity (Wildman–Crippen MR) is 56.9 cm³/mol. The van der Waals surface area contributed by atoms with E-state index >= 15 is 0 Å². The Morgan fingerprint density at radius 3 is 2.00 bits per heavy atom. The highest BCUT2D eigenvalue weighted by Crippen LogP contribution is 2.26. The molecule has 0 aliphatic rings. The Balaban J connectivity index is 3.44. The van der Waals surface area contributed by atoms with Crippen molar-refractivity contribution in [2.45, 2.75) is 64.7 Å². The molecule has 0 aliphatic heterocycles. The van der Waals surface area contributed by atoms with Crippen LogP contribution in [0.5, 0.6) is 0 Å². The fraction of sp³-hybridized carbons (Fsp3) is 1.00. The summed E-state index contributed by atoms with van der Waals surface area (Å²) in [7, 11) is -0.811. The van der Waals surface area contributed by atoms with Gasteiger partial charge in [-0.15, -0.1) is 0 Å². The van der Waals surface area contributed by atoms with Crippen molar-refractivity contribution in [1.29, 1.82) is 0 Å². The molecular formula is C10H24Si. The second-order valence-electron chi connectivity index (χ2n) is 4.76. The van der Waals surface area contributed by atoms with Gasteiger partial charge in [0.1, 0.15) is 0 Å². The third-order valence-corrected chi connectivity index (χ3v) is 5.96. The zero-order chi connectivity index (χ0) is 8.91. The molecule has 0 bridgehead atoms. The summed E-state index contributed by atoms with van der Waals surface area (Å²) < 4.78 is 0. The van der Waals surface area contributed by atoms with Crippen molar-refractivity contribution in [1.82, 2.24) is 0 Å². The molecule has 0 spiro atoms. The predicted octanol–water partition coefficient (Wildman–Crippen LogP) is 4.30. The van der Waals surface area contributed by atoms with E-state index in [9.17, 15) is 0 Å². The quantitative estimate of drug-likeness (QED) is 0.428. The van der Waals surface area contributed by atoms with Gasteiger partial charge in [0.15, 0.2) is 0 Å². The summed E-state index contributed by atoms with van der Waals surface area (Å²) in [6.07, 6.45) is 5.69. The molecule has 68 valence electrons. The van der Waals surface area contributed by atoms with Crippen molar-refractivity contribution in [3.63, 3.8) is 0 Å². The standard InChI is InChI=1S/C10H24Si/c1-6-7-8-9-10(2)11(3,4)5/h10H,6-9H2,1-5H3. The zero-order valence-electron chi connectivity index (χ0n) is 8.91. The molecule has 0 rings (SSSR count). The van der Waals surface area contributed by atoms with Gasteiger partial charge in [-0.25, -0.2) is 0 Å². The molecule has 0 aromatic carbocycles. The minimum Gasteiger partial charge on any atom is -0.0694 e. The lowest BCUT2D eigenvalue weighted by Crippen LogP contribution is -2.25. The first-order chi connectivity index (χ1) is 4.98. The SMILES string of the molecule is CCCCCC(C)[Si](C)(C)C. The van der Waals surface area contributed by atoms with E-state index in [1.165, 1.54) is 25.7 Å². The van der Waals surface area contributed by atoms with E-state index in [0.717, 1.165) is 5.54 Å². The highest BCUT2D eigenvalue weighted by molar-refractivity contribution is 6.77. The van der Waals surface area contributed by atoms with E-state index in [-0.39, 0.29) is 0 Å². The molecule has 0 aromatic rings. The van der Waals surface area contributed by atoms with Crippen molar-refractivity contribution in [3.05, 3.63) is 0 Å². The Morgan fingerprint density at radius 1 is 1.09 bits per heavy atom. The van der Waals surface area contributed by atoms with Gasteiger partial charge in [-0.05, 0) is 5.54 Å². The third-order valence-electron chi connectivity index (χ3n) is 2.72. The summed E-state index contributed by atoms with van der Waals surface area (Å²) in [4.78, 5) is 0. The maximum Gasteiger partial charge on any atom is 0.0471 e. The Hall–Kier alpha value is 0.217. The lowest BCUT2D eigenvalue weighted by molar-refractivity contribution is 0.645. The van der Waals surface area contributed by atoms with Gasteiger partial charge in [-0.2, -0.15) is 0 Å². The largest absolute Gasteiger partial charge is 0.0694 e. The first kappa shape index (κ1) is 11.2. The summed E-state index contributed by atoms with van der Waals surface area (Å²) in [6, 6.07) is 0. The lowest BCUT2D eigenvalue weighted by atomic mass is 10.2. The van der Waals surface area contributed by atoms with Gasteiger partial charge >= 0.3 is 0 Å². The first-order valence-electron chi connectivity index (χ1n) is 4.98. The maximum atomic E-state index is 2.48. The van der Waals surface area contributed by atoms with Gasteiger partial charge in [0, 0.05) is 8.07 Å². The van der Waals surface area contributed by atoms with E-state index in [2.05, 4.69) is 33.5 Å². The summed E-state index contributed by atoms with van der Waals surface area (Å²) in [6.45, 7) is 12.1. The highest BCUT2D eigenvalue weighted by atomic mass is 28.3. The van der Waals surface area contributed by atoms with Crippen molar-refractivity contribution in [2.24, 2.45) is 0 Å². The van der Waals surface area contributed by atoms with Gasteiger partial charge in [0.25, 0.3) is 0 Å². The molecule has 0 fully saturated rings. The van der Waals surface area contributed by atoms with E-state index in [1.807, 2.05) is 0 Å². The molecule has 0 aromatic heterocycles. The van der Waals surface area contributed by atoms with Crippen LogP contribution in [-0.2, 0) is 0 Å². The molecule has 0 saturated carbocycles. The van der Waals surface area contributed by atoms with E-state index in [0.29, 0.717) is 0 Å². The molecule has 1 unspecified atom stereocenters. The van der Waals surface area contributed by atoms with Gasteiger partial charge in [-0.1, -0.05) is 59.2 Å². The fourth-order valence-corrected chi connectivity index (χ4v) is 2.20. The smallest absolute Gasteiger partial charge is 0.0471 e. The van der Waals surface area contributed by atoms with Gasteiger partial charge < -0.3 is 0 Å². The highest BCUT2D eigenvalue weighted by Gasteiger charge is 2.20. The molecule has 1 heteroatoms. The van der Waals surface area contributed by atoms with Crippen LogP contribution in [0.15, 0.2) is 0 Å². The third kappa shape index (κ3) is 5.48. The summed E-state index contributed by atoms with van der Waals surface area (Å²) in [5.41, 5.74) is 1.01. The molecular weight excluding hydrogens is 148 g/mol. The number of rotatable bonds is 5. The Kier molecular flexibility index (Phi) is 5.07. The van der Waals surface area contributed by atoms with Crippen molar-refractivity contribution >= 4 is 8.07 Å². The van der Waals surface area contributed by atoms with Crippen LogP contribution in [0.4, 0.5) is 0 Å². The second kappa shape index (κ2) is 4.97. The van der Waals surface area contributed by atoms with Gasteiger partial charge in [0.05, 0.1) is 0 Å². The number of hydrogen-bond acceptors (Lipinski definition) is 0. The zero-order valence-corrected chi connectivity index (χ0v) is 9.91. The Labute approximate surface area is 73.4 Å². The maximum absolute atomic E-state index is 2.48. The minimum atomic E-state index is -0.811. The molecule has 1 atom stereocenters. The van der Waals surface area contributed by atoms with E-state index < -0.39 is 8.07 Å². The molecule has 0 N–H and O–H groups in total. The monoisotopic (exact) mass is 172 g/mol. The minimum absolute atomic E-state index is 0.811. The van der Waals surface area contributed by atoms with Crippen molar-refractivity contribution < 1.29 is 0 Å². The van der Waals surface area contributed by atoms with E-state index in [1.54, 1.807) is 0 Å².